The lowest BCUT2D eigenvalue weighted by molar-refractivity contribution is -0.120. The van der Waals surface area contributed by atoms with Gasteiger partial charge >= 0.3 is 0 Å². The van der Waals surface area contributed by atoms with E-state index in [2.05, 4.69) is 0 Å². The normalized spacial score (nSPS) is 21.3. The van der Waals surface area contributed by atoms with Crippen molar-refractivity contribution in [2.75, 3.05) is 11.4 Å². The van der Waals surface area contributed by atoms with Crippen LogP contribution in [0, 0.1) is 0 Å². The minimum Gasteiger partial charge on any atom is -0.320 e. The molecule has 5 heteroatoms. The number of halogens is 2. The van der Waals surface area contributed by atoms with E-state index in [0.29, 0.717) is 22.3 Å². The second-order valence-corrected chi connectivity index (χ2v) is 4.62. The average molecular weight is 259 g/mol. The van der Waals surface area contributed by atoms with Crippen molar-refractivity contribution >= 4 is 34.8 Å². The monoisotopic (exact) mass is 258 g/mol. The van der Waals surface area contributed by atoms with Gasteiger partial charge in [0.05, 0.1) is 21.8 Å². The van der Waals surface area contributed by atoms with Gasteiger partial charge in [0.15, 0.2) is 0 Å². The van der Waals surface area contributed by atoms with Crippen LogP contribution in [0.3, 0.4) is 0 Å². The molecule has 1 heterocycles. The van der Waals surface area contributed by atoms with Gasteiger partial charge in [0.2, 0.25) is 5.91 Å². The first kappa shape index (κ1) is 11.7. The quantitative estimate of drug-likeness (QED) is 0.842. The largest absolute Gasteiger partial charge is 0.320 e. The minimum absolute atomic E-state index is 0.110. The summed E-state index contributed by atoms with van der Waals surface area (Å²) in [4.78, 5) is 13.5. The van der Waals surface area contributed by atoms with Gasteiger partial charge < -0.3 is 10.6 Å². The number of nitrogens with zero attached hydrogens (tertiary/aromatic N) is 1. The van der Waals surface area contributed by atoms with E-state index in [1.807, 2.05) is 0 Å². The maximum absolute atomic E-state index is 11.9. The number of anilines is 1. The first-order chi connectivity index (χ1) is 7.61. The fourth-order valence-corrected chi connectivity index (χ4v) is 2.47. The fraction of sp³-hybridized carbons (Fsp3) is 0.364. The molecule has 1 saturated heterocycles. The molecule has 1 fully saturated rings. The summed E-state index contributed by atoms with van der Waals surface area (Å²) in [5.41, 5.74) is 6.30. The van der Waals surface area contributed by atoms with Crippen LogP contribution in [0.15, 0.2) is 18.2 Å². The van der Waals surface area contributed by atoms with Crippen LogP contribution >= 0.6 is 23.2 Å². The first-order valence-electron chi connectivity index (χ1n) is 5.12. The summed E-state index contributed by atoms with van der Waals surface area (Å²) in [5, 5.41) is 0.963. The zero-order valence-electron chi connectivity index (χ0n) is 8.62. The number of rotatable bonds is 1. The second-order valence-electron chi connectivity index (χ2n) is 3.81. The Morgan fingerprint density at radius 1 is 1.31 bits per heavy atom. The highest BCUT2D eigenvalue weighted by Crippen LogP contribution is 2.35. The molecule has 1 aromatic carbocycles. The third-order valence-electron chi connectivity index (χ3n) is 2.69. The van der Waals surface area contributed by atoms with Crippen molar-refractivity contribution in [2.45, 2.75) is 18.9 Å². The van der Waals surface area contributed by atoms with E-state index in [1.165, 1.54) is 0 Å². The number of piperidine rings is 1. The van der Waals surface area contributed by atoms with Crippen molar-refractivity contribution in [3.8, 4) is 0 Å². The Kier molecular flexibility index (Phi) is 3.38. The molecule has 0 bridgehead atoms. The summed E-state index contributed by atoms with van der Waals surface area (Å²) in [6.45, 7) is 0.621. The van der Waals surface area contributed by atoms with Crippen molar-refractivity contribution in [2.24, 2.45) is 5.73 Å². The van der Waals surface area contributed by atoms with Crippen molar-refractivity contribution in [1.29, 1.82) is 0 Å². The van der Waals surface area contributed by atoms with E-state index in [-0.39, 0.29) is 5.91 Å². The van der Waals surface area contributed by atoms with Crippen LogP contribution in [-0.2, 0) is 4.79 Å². The van der Waals surface area contributed by atoms with E-state index in [0.717, 1.165) is 12.8 Å². The van der Waals surface area contributed by atoms with Gasteiger partial charge in [0, 0.05) is 6.54 Å². The number of amides is 1. The van der Waals surface area contributed by atoms with Gasteiger partial charge in [-0.25, -0.2) is 0 Å². The molecule has 0 aliphatic carbocycles. The standard InChI is InChI=1S/C11H12Cl2N2O/c12-7-3-1-4-8(13)10(7)15-6-2-5-9(14)11(15)16/h1,3-4,9H,2,5-6,14H2. The molecule has 2 N–H and O–H groups in total. The predicted octanol–water partition coefficient (Wildman–Crippen LogP) is 2.45. The lowest BCUT2D eigenvalue weighted by Crippen LogP contribution is -2.48. The lowest BCUT2D eigenvalue weighted by atomic mass is 10.0. The molecular formula is C11H12Cl2N2O. The molecule has 1 aliphatic heterocycles. The van der Waals surface area contributed by atoms with E-state index in [4.69, 9.17) is 28.9 Å². The van der Waals surface area contributed by atoms with Crippen molar-refractivity contribution < 1.29 is 4.79 Å². The number of hydrogen-bond donors (Lipinski definition) is 1. The van der Waals surface area contributed by atoms with Gasteiger partial charge in [-0.3, -0.25) is 4.79 Å². The van der Waals surface area contributed by atoms with Crippen molar-refractivity contribution in [3.05, 3.63) is 28.2 Å². The Balaban J connectivity index is 2.40. The number of hydrogen-bond acceptors (Lipinski definition) is 2. The summed E-state index contributed by atoms with van der Waals surface area (Å²) in [6.07, 6.45) is 1.59. The molecule has 3 nitrogen and oxygen atoms in total. The Morgan fingerprint density at radius 3 is 2.56 bits per heavy atom. The predicted molar refractivity (Wildman–Crippen MR) is 66.0 cm³/mol. The van der Waals surface area contributed by atoms with Gasteiger partial charge in [0.1, 0.15) is 0 Å². The maximum Gasteiger partial charge on any atom is 0.243 e. The summed E-state index contributed by atoms with van der Waals surface area (Å²) < 4.78 is 0. The van der Waals surface area contributed by atoms with Crippen LogP contribution in [-0.4, -0.2) is 18.5 Å². The lowest BCUT2D eigenvalue weighted by Gasteiger charge is -2.31. The number of carbonyl (C=O) groups excluding carboxylic acids is 1. The fourth-order valence-electron chi connectivity index (χ4n) is 1.87. The van der Waals surface area contributed by atoms with E-state index >= 15 is 0 Å². The van der Waals surface area contributed by atoms with Gasteiger partial charge in [-0.15, -0.1) is 0 Å². The summed E-state index contributed by atoms with van der Waals surface area (Å²) in [5.74, 6) is -0.110. The second kappa shape index (κ2) is 4.62. The highest BCUT2D eigenvalue weighted by Gasteiger charge is 2.29. The molecule has 86 valence electrons. The third-order valence-corrected chi connectivity index (χ3v) is 3.30. The van der Waals surface area contributed by atoms with Crippen LogP contribution in [0.2, 0.25) is 10.0 Å². The molecular weight excluding hydrogens is 247 g/mol. The molecule has 16 heavy (non-hydrogen) atoms. The SMILES string of the molecule is NC1CCCN(c2c(Cl)cccc2Cl)C1=O. The van der Waals surface area contributed by atoms with Crippen molar-refractivity contribution in [1.82, 2.24) is 0 Å². The van der Waals surface area contributed by atoms with Crippen LogP contribution in [0.25, 0.3) is 0 Å². The minimum atomic E-state index is -0.443. The van der Waals surface area contributed by atoms with Gasteiger partial charge in [0.25, 0.3) is 0 Å². The Labute approximate surface area is 104 Å². The number of nitrogens with two attached hydrogens (primary N) is 1. The molecule has 0 aromatic heterocycles. The number of benzene rings is 1. The Bertz CT molecular complexity index is 402. The Morgan fingerprint density at radius 2 is 1.94 bits per heavy atom. The van der Waals surface area contributed by atoms with Gasteiger partial charge in [-0.1, -0.05) is 29.3 Å². The molecule has 0 radical (unpaired) electrons. The van der Waals surface area contributed by atoms with Crippen LogP contribution < -0.4 is 10.6 Å². The van der Waals surface area contributed by atoms with Crippen LogP contribution in [0.5, 0.6) is 0 Å². The molecule has 2 rings (SSSR count). The molecule has 1 aliphatic rings. The highest BCUT2D eigenvalue weighted by molar-refractivity contribution is 6.40. The van der Waals surface area contributed by atoms with Gasteiger partial charge in [-0.05, 0) is 25.0 Å². The summed E-state index contributed by atoms with van der Waals surface area (Å²) >= 11 is 12.1. The smallest absolute Gasteiger partial charge is 0.243 e. The Hall–Kier alpha value is -0.770. The number of para-hydroxylation sites is 1. The molecule has 1 atom stereocenters. The summed E-state index contributed by atoms with van der Waals surface area (Å²) in [6, 6.07) is 4.75. The van der Waals surface area contributed by atoms with Gasteiger partial charge in [-0.2, -0.15) is 0 Å². The molecule has 0 spiro atoms. The van der Waals surface area contributed by atoms with E-state index < -0.39 is 6.04 Å². The molecule has 1 amide bonds. The highest BCUT2D eigenvalue weighted by atomic mass is 35.5. The zero-order chi connectivity index (χ0) is 11.7. The molecule has 0 saturated carbocycles. The van der Waals surface area contributed by atoms with Crippen LogP contribution in [0.4, 0.5) is 5.69 Å². The molecule has 1 aromatic rings. The topological polar surface area (TPSA) is 46.3 Å². The first-order valence-corrected chi connectivity index (χ1v) is 5.88. The third kappa shape index (κ3) is 2.03. The van der Waals surface area contributed by atoms with Crippen molar-refractivity contribution in [3.63, 3.8) is 0 Å². The van der Waals surface area contributed by atoms with E-state index in [9.17, 15) is 4.79 Å². The average Bonchev–Trinajstić information content (AvgIpc) is 2.24. The molecule has 1 unspecified atom stereocenters. The number of carbonyl (C=O) groups is 1. The van der Waals surface area contributed by atoms with E-state index in [1.54, 1.807) is 23.1 Å². The summed E-state index contributed by atoms with van der Waals surface area (Å²) in [7, 11) is 0. The van der Waals surface area contributed by atoms with Crippen LogP contribution in [0.1, 0.15) is 12.8 Å². The maximum atomic E-state index is 11.9. The zero-order valence-corrected chi connectivity index (χ0v) is 10.1.